The molecule has 0 aromatic heterocycles. The number of nitrogens with one attached hydrogen (secondary N) is 1. The third-order valence-electron chi connectivity index (χ3n) is 3.64. The Morgan fingerprint density at radius 2 is 2.06 bits per heavy atom. The van der Waals surface area contributed by atoms with E-state index in [2.05, 4.69) is 26.1 Å². The number of rotatable bonds is 7. The Hall–Kier alpha value is -0.130. The van der Waals surface area contributed by atoms with Crippen LogP contribution in [0.3, 0.4) is 0 Å². The van der Waals surface area contributed by atoms with Crippen LogP contribution in [0.1, 0.15) is 40.5 Å². The Morgan fingerprint density at radius 3 is 2.50 bits per heavy atom. The van der Waals surface area contributed by atoms with E-state index >= 15 is 0 Å². The second-order valence-corrected chi connectivity index (χ2v) is 7.80. The van der Waals surface area contributed by atoms with Crippen LogP contribution in [0.2, 0.25) is 0 Å². The molecule has 1 aliphatic heterocycles. The van der Waals surface area contributed by atoms with Crippen molar-refractivity contribution in [2.24, 2.45) is 5.92 Å². The van der Waals surface area contributed by atoms with Crippen LogP contribution in [-0.4, -0.2) is 44.7 Å². The van der Waals surface area contributed by atoms with Gasteiger partial charge in [-0.3, -0.25) is 0 Å². The summed E-state index contributed by atoms with van der Waals surface area (Å²) in [5.41, 5.74) is 0. The number of sulfone groups is 1. The van der Waals surface area contributed by atoms with Crippen LogP contribution in [0.25, 0.3) is 0 Å². The third kappa shape index (κ3) is 4.21. The predicted molar refractivity (Wildman–Crippen MR) is 74.5 cm³/mol. The lowest BCUT2D eigenvalue weighted by atomic mass is 10.1. The fourth-order valence-electron chi connectivity index (χ4n) is 2.37. The summed E-state index contributed by atoms with van der Waals surface area (Å²) >= 11 is 0. The molecule has 18 heavy (non-hydrogen) atoms. The first-order valence-electron chi connectivity index (χ1n) is 6.95. The zero-order valence-corrected chi connectivity index (χ0v) is 12.8. The van der Waals surface area contributed by atoms with E-state index in [-0.39, 0.29) is 23.1 Å². The molecule has 0 radical (unpaired) electrons. The van der Waals surface area contributed by atoms with Gasteiger partial charge in [0.25, 0.3) is 0 Å². The lowest BCUT2D eigenvalue weighted by molar-refractivity contribution is 0.126. The van der Waals surface area contributed by atoms with Crippen molar-refractivity contribution in [3.8, 4) is 0 Å². The van der Waals surface area contributed by atoms with Gasteiger partial charge in [0.05, 0.1) is 17.1 Å². The van der Waals surface area contributed by atoms with E-state index < -0.39 is 9.84 Å². The van der Waals surface area contributed by atoms with E-state index in [1.54, 1.807) is 0 Å². The van der Waals surface area contributed by atoms with Crippen molar-refractivity contribution in [2.45, 2.75) is 57.9 Å². The molecule has 1 aliphatic rings. The predicted octanol–water partition coefficient (Wildman–Crippen LogP) is 1.60. The van der Waals surface area contributed by atoms with Gasteiger partial charge in [-0.1, -0.05) is 20.8 Å². The van der Waals surface area contributed by atoms with Crippen molar-refractivity contribution in [3.05, 3.63) is 0 Å². The van der Waals surface area contributed by atoms with Gasteiger partial charge in [-0.05, 0) is 32.2 Å². The Morgan fingerprint density at radius 1 is 1.39 bits per heavy atom. The Kier molecular flexibility index (Phi) is 6.08. The SMILES string of the molecule is CCCNC(CS(=O)(=O)C1CCOC1C)C(C)C. The van der Waals surface area contributed by atoms with Crippen molar-refractivity contribution in [3.63, 3.8) is 0 Å². The monoisotopic (exact) mass is 277 g/mol. The van der Waals surface area contributed by atoms with E-state index in [0.29, 0.717) is 18.9 Å². The molecule has 108 valence electrons. The highest BCUT2D eigenvalue weighted by atomic mass is 32.2. The summed E-state index contributed by atoms with van der Waals surface area (Å²) in [7, 11) is -3.07. The first kappa shape index (κ1) is 15.9. The van der Waals surface area contributed by atoms with Crippen molar-refractivity contribution in [1.29, 1.82) is 0 Å². The normalized spacial score (nSPS) is 26.7. The summed E-state index contributed by atoms with van der Waals surface area (Å²) in [6, 6.07) is 0.0442. The van der Waals surface area contributed by atoms with Crippen LogP contribution in [0, 0.1) is 5.92 Å². The molecule has 0 spiro atoms. The molecule has 1 saturated heterocycles. The van der Waals surface area contributed by atoms with Crippen LogP contribution < -0.4 is 5.32 Å². The van der Waals surface area contributed by atoms with Crippen molar-refractivity contribution < 1.29 is 13.2 Å². The highest BCUT2D eigenvalue weighted by Crippen LogP contribution is 2.23. The summed E-state index contributed by atoms with van der Waals surface area (Å²) in [6.45, 7) is 9.52. The van der Waals surface area contributed by atoms with Gasteiger partial charge in [0, 0.05) is 12.6 Å². The maximum absolute atomic E-state index is 12.4. The Bertz CT molecular complexity index is 340. The Labute approximate surface area is 111 Å². The molecule has 4 nitrogen and oxygen atoms in total. The zero-order chi connectivity index (χ0) is 13.8. The molecule has 3 atom stereocenters. The molecular weight excluding hydrogens is 250 g/mol. The summed E-state index contributed by atoms with van der Waals surface area (Å²) < 4.78 is 30.2. The van der Waals surface area contributed by atoms with E-state index in [1.165, 1.54) is 0 Å². The van der Waals surface area contributed by atoms with Gasteiger partial charge >= 0.3 is 0 Å². The molecule has 1 fully saturated rings. The van der Waals surface area contributed by atoms with Gasteiger partial charge in [-0.25, -0.2) is 8.42 Å². The summed E-state index contributed by atoms with van der Waals surface area (Å²) in [4.78, 5) is 0. The van der Waals surface area contributed by atoms with Crippen molar-refractivity contribution in [2.75, 3.05) is 18.9 Å². The molecule has 0 aromatic rings. The van der Waals surface area contributed by atoms with Gasteiger partial charge in [0.15, 0.2) is 9.84 Å². The lowest BCUT2D eigenvalue weighted by Gasteiger charge is -2.24. The quantitative estimate of drug-likeness (QED) is 0.768. The molecule has 0 saturated carbocycles. The van der Waals surface area contributed by atoms with Gasteiger partial charge in [0.1, 0.15) is 0 Å². The number of hydrogen-bond acceptors (Lipinski definition) is 4. The molecule has 1 N–H and O–H groups in total. The van der Waals surface area contributed by atoms with Crippen LogP contribution in [0.15, 0.2) is 0 Å². The largest absolute Gasteiger partial charge is 0.377 e. The summed E-state index contributed by atoms with van der Waals surface area (Å²) in [6.07, 6.45) is 1.50. The van der Waals surface area contributed by atoms with Gasteiger partial charge in [-0.15, -0.1) is 0 Å². The maximum Gasteiger partial charge on any atom is 0.157 e. The molecule has 0 bridgehead atoms. The summed E-state index contributed by atoms with van der Waals surface area (Å²) in [5, 5.41) is 3.03. The fourth-order valence-corrected chi connectivity index (χ4v) is 4.74. The van der Waals surface area contributed by atoms with Crippen LogP contribution in [0.5, 0.6) is 0 Å². The minimum absolute atomic E-state index is 0.0442. The minimum Gasteiger partial charge on any atom is -0.377 e. The maximum atomic E-state index is 12.4. The number of hydrogen-bond donors (Lipinski definition) is 1. The first-order valence-corrected chi connectivity index (χ1v) is 8.66. The van der Waals surface area contributed by atoms with Gasteiger partial charge in [-0.2, -0.15) is 0 Å². The molecule has 3 unspecified atom stereocenters. The molecule has 0 aromatic carbocycles. The van der Waals surface area contributed by atoms with E-state index in [9.17, 15) is 8.42 Å². The smallest absolute Gasteiger partial charge is 0.157 e. The van der Waals surface area contributed by atoms with Gasteiger partial charge in [0.2, 0.25) is 0 Å². The van der Waals surface area contributed by atoms with Crippen molar-refractivity contribution in [1.82, 2.24) is 5.32 Å². The molecule has 1 heterocycles. The second-order valence-electron chi connectivity index (χ2n) is 5.54. The fraction of sp³-hybridized carbons (Fsp3) is 1.00. The Balaban J connectivity index is 2.66. The molecule has 1 rings (SSSR count). The zero-order valence-electron chi connectivity index (χ0n) is 12.0. The minimum atomic E-state index is -3.07. The molecule has 0 aliphatic carbocycles. The van der Waals surface area contributed by atoms with Gasteiger partial charge < -0.3 is 10.1 Å². The second kappa shape index (κ2) is 6.87. The van der Waals surface area contributed by atoms with E-state index in [0.717, 1.165) is 13.0 Å². The average Bonchev–Trinajstić information content (AvgIpc) is 2.71. The first-order chi connectivity index (χ1) is 8.38. The highest BCUT2D eigenvalue weighted by molar-refractivity contribution is 7.92. The van der Waals surface area contributed by atoms with E-state index in [4.69, 9.17) is 4.74 Å². The average molecular weight is 277 g/mol. The lowest BCUT2D eigenvalue weighted by Crippen LogP contribution is -2.43. The van der Waals surface area contributed by atoms with Crippen LogP contribution >= 0.6 is 0 Å². The topological polar surface area (TPSA) is 55.4 Å². The van der Waals surface area contributed by atoms with Crippen molar-refractivity contribution >= 4 is 9.84 Å². The molecular formula is C13H27NO3S. The van der Waals surface area contributed by atoms with Crippen LogP contribution in [0.4, 0.5) is 0 Å². The summed E-state index contributed by atoms with van der Waals surface area (Å²) in [5.74, 6) is 0.548. The molecule has 0 amide bonds. The number of ether oxygens (including phenoxy) is 1. The standard InChI is InChI=1S/C13H27NO3S/c1-5-7-14-12(10(2)3)9-18(15,16)13-6-8-17-11(13)4/h10-14H,5-9H2,1-4H3. The molecule has 5 heteroatoms. The third-order valence-corrected chi connectivity index (χ3v) is 6.01. The van der Waals surface area contributed by atoms with E-state index in [1.807, 2.05) is 6.92 Å². The van der Waals surface area contributed by atoms with Crippen LogP contribution in [-0.2, 0) is 14.6 Å². The highest BCUT2D eigenvalue weighted by Gasteiger charge is 2.37.